The minimum atomic E-state index is -0.00440. The van der Waals surface area contributed by atoms with Gasteiger partial charge in [0, 0.05) is 32.4 Å². The summed E-state index contributed by atoms with van der Waals surface area (Å²) in [6, 6.07) is 5.66. The molecule has 0 aliphatic rings. The summed E-state index contributed by atoms with van der Waals surface area (Å²) >= 11 is 0. The normalized spacial score (nSPS) is 10.4. The topological polar surface area (TPSA) is 63.1 Å². The van der Waals surface area contributed by atoms with Crippen LogP contribution in [0.15, 0.2) is 24.4 Å². The lowest BCUT2D eigenvalue weighted by molar-refractivity contribution is 0.0827. The summed E-state index contributed by atoms with van der Waals surface area (Å²) in [5.41, 5.74) is 3.69. The van der Waals surface area contributed by atoms with Crippen molar-refractivity contribution >= 4 is 11.6 Å². The van der Waals surface area contributed by atoms with E-state index in [9.17, 15) is 4.79 Å². The maximum Gasteiger partial charge on any atom is 0.253 e. The molecule has 20 heavy (non-hydrogen) atoms. The van der Waals surface area contributed by atoms with Crippen LogP contribution in [0.4, 0.5) is 5.69 Å². The quantitative estimate of drug-likeness (QED) is 0.915. The molecule has 1 aromatic carbocycles. The van der Waals surface area contributed by atoms with Gasteiger partial charge in [-0.15, -0.1) is 5.10 Å². The lowest BCUT2D eigenvalue weighted by Gasteiger charge is -2.14. The Morgan fingerprint density at radius 1 is 1.40 bits per heavy atom. The second-order valence-corrected chi connectivity index (χ2v) is 4.93. The molecule has 6 nitrogen and oxygen atoms in total. The van der Waals surface area contributed by atoms with Gasteiger partial charge in [0.25, 0.3) is 5.91 Å². The van der Waals surface area contributed by atoms with Crippen LogP contribution in [0.1, 0.15) is 21.6 Å². The van der Waals surface area contributed by atoms with E-state index in [0.717, 1.165) is 16.9 Å². The van der Waals surface area contributed by atoms with Gasteiger partial charge in [0.1, 0.15) is 0 Å². The van der Waals surface area contributed by atoms with Gasteiger partial charge in [-0.25, -0.2) is 0 Å². The zero-order valence-corrected chi connectivity index (χ0v) is 12.2. The Balaban J connectivity index is 2.17. The standard InChI is InChI=1S/C14H19N5O/c1-10-5-6-11(14(20)18(2)3)7-13(10)15-8-12-9-16-17-19(12)4/h5-7,9,15H,8H2,1-4H3. The Labute approximate surface area is 118 Å². The first-order chi connectivity index (χ1) is 9.49. The summed E-state index contributed by atoms with van der Waals surface area (Å²) in [5.74, 6) is -0.00440. The molecular weight excluding hydrogens is 254 g/mol. The summed E-state index contributed by atoms with van der Waals surface area (Å²) in [7, 11) is 5.34. The van der Waals surface area contributed by atoms with Crippen molar-refractivity contribution in [1.82, 2.24) is 19.9 Å². The maximum absolute atomic E-state index is 12.0. The first-order valence-corrected chi connectivity index (χ1v) is 6.38. The van der Waals surface area contributed by atoms with Gasteiger partial charge in [0.05, 0.1) is 18.4 Å². The number of hydrogen-bond donors (Lipinski definition) is 1. The van der Waals surface area contributed by atoms with Crippen molar-refractivity contribution in [2.75, 3.05) is 19.4 Å². The molecule has 6 heteroatoms. The van der Waals surface area contributed by atoms with Gasteiger partial charge >= 0.3 is 0 Å². The number of hydrogen-bond acceptors (Lipinski definition) is 4. The zero-order chi connectivity index (χ0) is 14.7. The van der Waals surface area contributed by atoms with Crippen LogP contribution in [-0.2, 0) is 13.6 Å². The van der Waals surface area contributed by atoms with Gasteiger partial charge in [-0.2, -0.15) is 0 Å². The monoisotopic (exact) mass is 273 g/mol. The molecular formula is C14H19N5O. The zero-order valence-electron chi connectivity index (χ0n) is 12.2. The van der Waals surface area contributed by atoms with Crippen LogP contribution in [-0.4, -0.2) is 39.9 Å². The fourth-order valence-electron chi connectivity index (χ4n) is 1.86. The summed E-state index contributed by atoms with van der Waals surface area (Å²) in [4.78, 5) is 13.5. The molecule has 0 atom stereocenters. The number of amides is 1. The fraction of sp³-hybridized carbons (Fsp3) is 0.357. The molecule has 1 aromatic heterocycles. The van der Waals surface area contributed by atoms with E-state index < -0.39 is 0 Å². The number of nitrogens with one attached hydrogen (secondary N) is 1. The van der Waals surface area contributed by atoms with Crippen molar-refractivity contribution in [1.29, 1.82) is 0 Å². The van der Waals surface area contributed by atoms with Gasteiger partial charge in [0.2, 0.25) is 0 Å². The number of anilines is 1. The highest BCUT2D eigenvalue weighted by Gasteiger charge is 2.10. The second kappa shape index (κ2) is 5.73. The van der Waals surface area contributed by atoms with E-state index in [-0.39, 0.29) is 5.91 Å². The number of carbonyl (C=O) groups excluding carboxylic acids is 1. The highest BCUT2D eigenvalue weighted by molar-refractivity contribution is 5.95. The molecule has 0 bridgehead atoms. The Morgan fingerprint density at radius 2 is 2.15 bits per heavy atom. The van der Waals surface area contributed by atoms with Gasteiger partial charge < -0.3 is 10.2 Å². The lowest BCUT2D eigenvalue weighted by atomic mass is 10.1. The van der Waals surface area contributed by atoms with Gasteiger partial charge in [-0.3, -0.25) is 9.48 Å². The maximum atomic E-state index is 12.0. The SMILES string of the molecule is Cc1ccc(C(=O)N(C)C)cc1NCc1cnnn1C. The summed E-state index contributed by atoms with van der Waals surface area (Å²) in [6.07, 6.45) is 1.72. The smallest absolute Gasteiger partial charge is 0.253 e. The fourth-order valence-corrected chi connectivity index (χ4v) is 1.86. The van der Waals surface area contributed by atoms with Crippen molar-refractivity contribution in [3.63, 3.8) is 0 Å². The lowest BCUT2D eigenvalue weighted by Crippen LogP contribution is -2.21. The molecule has 2 rings (SSSR count). The van der Waals surface area contributed by atoms with Crippen molar-refractivity contribution in [3.8, 4) is 0 Å². The average Bonchev–Trinajstić information content (AvgIpc) is 2.82. The van der Waals surface area contributed by atoms with Crippen LogP contribution in [0.25, 0.3) is 0 Å². The first-order valence-electron chi connectivity index (χ1n) is 6.38. The van der Waals surface area contributed by atoms with Crippen LogP contribution < -0.4 is 5.32 Å². The Bertz CT molecular complexity index is 618. The van der Waals surface area contributed by atoms with Crippen molar-refractivity contribution < 1.29 is 4.79 Å². The molecule has 2 aromatic rings. The van der Waals surface area contributed by atoms with Crippen LogP contribution in [0, 0.1) is 6.92 Å². The molecule has 0 saturated heterocycles. The molecule has 1 heterocycles. The van der Waals surface area contributed by atoms with Crippen LogP contribution in [0.3, 0.4) is 0 Å². The third-order valence-electron chi connectivity index (χ3n) is 3.16. The number of nitrogens with zero attached hydrogens (tertiary/aromatic N) is 4. The van der Waals surface area contributed by atoms with Crippen LogP contribution in [0.2, 0.25) is 0 Å². The molecule has 106 valence electrons. The predicted octanol–water partition coefficient (Wildman–Crippen LogP) is 1.44. The highest BCUT2D eigenvalue weighted by atomic mass is 16.2. The van der Waals surface area contributed by atoms with Gasteiger partial charge in [0.15, 0.2) is 0 Å². The number of aryl methyl sites for hydroxylation is 2. The van der Waals surface area contributed by atoms with Crippen molar-refractivity contribution in [2.45, 2.75) is 13.5 Å². The van der Waals surface area contributed by atoms with Crippen LogP contribution >= 0.6 is 0 Å². The predicted molar refractivity (Wildman–Crippen MR) is 77.5 cm³/mol. The van der Waals surface area contributed by atoms with E-state index in [1.54, 1.807) is 29.9 Å². The molecule has 0 aliphatic heterocycles. The molecule has 0 spiro atoms. The van der Waals surface area contributed by atoms with E-state index >= 15 is 0 Å². The van der Waals surface area contributed by atoms with E-state index in [1.807, 2.05) is 32.2 Å². The van der Waals surface area contributed by atoms with Gasteiger partial charge in [-0.1, -0.05) is 11.3 Å². The van der Waals surface area contributed by atoms with Gasteiger partial charge in [-0.05, 0) is 24.6 Å². The van der Waals surface area contributed by atoms with Crippen molar-refractivity contribution in [3.05, 3.63) is 41.2 Å². The molecule has 0 unspecified atom stereocenters. The Hall–Kier alpha value is -2.37. The molecule has 0 fully saturated rings. The van der Waals surface area contributed by atoms with E-state index in [0.29, 0.717) is 12.1 Å². The number of aromatic nitrogens is 3. The van der Waals surface area contributed by atoms with E-state index in [4.69, 9.17) is 0 Å². The largest absolute Gasteiger partial charge is 0.379 e. The minimum Gasteiger partial charge on any atom is -0.379 e. The third kappa shape index (κ3) is 2.96. The number of carbonyl (C=O) groups is 1. The molecule has 1 N–H and O–H groups in total. The first kappa shape index (κ1) is 14.0. The Kier molecular flexibility index (Phi) is 4.02. The Morgan fingerprint density at radius 3 is 2.75 bits per heavy atom. The third-order valence-corrected chi connectivity index (χ3v) is 3.16. The minimum absolute atomic E-state index is 0.00440. The molecule has 0 radical (unpaired) electrons. The number of rotatable bonds is 4. The molecule has 0 aliphatic carbocycles. The highest BCUT2D eigenvalue weighted by Crippen LogP contribution is 2.18. The van der Waals surface area contributed by atoms with Crippen LogP contribution in [0.5, 0.6) is 0 Å². The van der Waals surface area contributed by atoms with E-state index in [1.165, 1.54) is 0 Å². The second-order valence-electron chi connectivity index (χ2n) is 4.93. The summed E-state index contributed by atoms with van der Waals surface area (Å²) in [5, 5.41) is 11.0. The van der Waals surface area contributed by atoms with E-state index in [2.05, 4.69) is 15.6 Å². The van der Waals surface area contributed by atoms with Crippen molar-refractivity contribution in [2.24, 2.45) is 7.05 Å². The molecule has 0 saturated carbocycles. The molecule has 1 amide bonds. The summed E-state index contributed by atoms with van der Waals surface area (Å²) < 4.78 is 1.72. The number of benzene rings is 1. The average molecular weight is 273 g/mol. The summed E-state index contributed by atoms with van der Waals surface area (Å²) in [6.45, 7) is 2.62.